The minimum Gasteiger partial charge on any atom is -0.367 e. The van der Waals surface area contributed by atoms with Crippen molar-refractivity contribution in [2.45, 2.75) is 41.5 Å². The molecule has 1 heterocycles. The molecule has 0 atom stereocenters. The first-order chi connectivity index (χ1) is 5.30. The van der Waals surface area contributed by atoms with Gasteiger partial charge in [-0.3, -0.25) is 0 Å². The molecule has 0 fully saturated rings. The van der Waals surface area contributed by atoms with Crippen molar-refractivity contribution in [2.24, 2.45) is 0 Å². The summed E-state index contributed by atoms with van der Waals surface area (Å²) in [4.78, 5) is 3.00. The van der Waals surface area contributed by atoms with Crippen molar-refractivity contribution in [2.75, 3.05) is 0 Å². The van der Waals surface area contributed by atoms with Crippen molar-refractivity contribution in [1.29, 1.82) is 0 Å². The van der Waals surface area contributed by atoms with Crippen LogP contribution in [0.5, 0.6) is 0 Å². The second-order valence-corrected chi connectivity index (χ2v) is 1.82. The Kier molecular flexibility index (Phi) is 10.9. The van der Waals surface area contributed by atoms with E-state index < -0.39 is 0 Å². The van der Waals surface area contributed by atoms with E-state index in [1.54, 1.807) is 0 Å². The summed E-state index contributed by atoms with van der Waals surface area (Å²) < 4.78 is 0. The van der Waals surface area contributed by atoms with Gasteiger partial charge in [-0.15, -0.1) is 0 Å². The van der Waals surface area contributed by atoms with E-state index in [0.29, 0.717) is 0 Å². The Morgan fingerprint density at radius 1 is 0.818 bits per heavy atom. The second kappa shape index (κ2) is 9.28. The van der Waals surface area contributed by atoms with E-state index in [4.69, 9.17) is 0 Å². The minimum absolute atomic E-state index is 1.33. The van der Waals surface area contributed by atoms with E-state index in [2.05, 4.69) is 18.8 Å². The summed E-state index contributed by atoms with van der Waals surface area (Å²) in [6, 6.07) is 0. The zero-order valence-corrected chi connectivity index (χ0v) is 8.65. The van der Waals surface area contributed by atoms with Crippen LogP contribution < -0.4 is 0 Å². The fraction of sp³-hybridized carbons (Fsp3) is 0.600. The van der Waals surface area contributed by atoms with Gasteiger partial charge in [-0.2, -0.15) is 0 Å². The Bertz CT molecular complexity index is 137. The predicted molar refractivity (Wildman–Crippen MR) is 53.0 cm³/mol. The average molecular weight is 155 g/mol. The Labute approximate surface area is 70.8 Å². The number of hydrogen-bond acceptors (Lipinski definition) is 0. The third-order valence-corrected chi connectivity index (χ3v) is 1.22. The Morgan fingerprint density at radius 2 is 1.09 bits per heavy atom. The molecular weight excluding hydrogens is 134 g/mol. The maximum atomic E-state index is 3.00. The molecule has 0 aromatic carbocycles. The van der Waals surface area contributed by atoms with Gasteiger partial charge in [0.2, 0.25) is 0 Å². The molecule has 0 aliphatic rings. The highest BCUT2D eigenvalue weighted by Gasteiger charge is 1.85. The fourth-order valence-electron chi connectivity index (χ4n) is 0.519. The van der Waals surface area contributed by atoms with E-state index in [9.17, 15) is 0 Å². The van der Waals surface area contributed by atoms with Crippen LogP contribution in [0.15, 0.2) is 12.4 Å². The molecule has 1 aromatic heterocycles. The predicted octanol–water partition coefficient (Wildman–Crippen LogP) is 3.68. The Balaban J connectivity index is 0. The van der Waals surface area contributed by atoms with Crippen molar-refractivity contribution in [1.82, 2.24) is 4.98 Å². The SMILES string of the molecule is CC.CC.Cc1c[nH]cc1C. The van der Waals surface area contributed by atoms with Gasteiger partial charge in [0, 0.05) is 12.4 Å². The normalized spacial score (nSPS) is 7.09. The van der Waals surface area contributed by atoms with Crippen molar-refractivity contribution in [3.05, 3.63) is 23.5 Å². The lowest BCUT2D eigenvalue weighted by Gasteiger charge is -1.79. The average Bonchev–Trinajstić information content (AvgIpc) is 2.44. The number of rotatable bonds is 0. The number of hydrogen-bond donors (Lipinski definition) is 1. The molecule has 0 bridgehead atoms. The zero-order valence-electron chi connectivity index (χ0n) is 8.65. The van der Waals surface area contributed by atoms with Gasteiger partial charge in [-0.1, -0.05) is 27.7 Å². The van der Waals surface area contributed by atoms with Crippen molar-refractivity contribution in [3.8, 4) is 0 Å². The molecule has 1 N–H and O–H groups in total. The van der Waals surface area contributed by atoms with Crippen LogP contribution in [0.25, 0.3) is 0 Å². The van der Waals surface area contributed by atoms with Crippen LogP contribution in [0.2, 0.25) is 0 Å². The van der Waals surface area contributed by atoms with Crippen molar-refractivity contribution in [3.63, 3.8) is 0 Å². The molecule has 0 aliphatic heterocycles. The van der Waals surface area contributed by atoms with E-state index in [-0.39, 0.29) is 0 Å². The first kappa shape index (κ1) is 12.9. The van der Waals surface area contributed by atoms with Crippen molar-refractivity contribution < 1.29 is 0 Å². The number of aromatic nitrogens is 1. The van der Waals surface area contributed by atoms with Gasteiger partial charge in [0.1, 0.15) is 0 Å². The number of nitrogens with one attached hydrogen (secondary N) is 1. The lowest BCUT2D eigenvalue weighted by atomic mass is 10.2. The largest absolute Gasteiger partial charge is 0.367 e. The highest BCUT2D eigenvalue weighted by Crippen LogP contribution is 2.00. The maximum Gasteiger partial charge on any atom is 0.00372 e. The molecule has 1 heteroatoms. The van der Waals surface area contributed by atoms with Gasteiger partial charge < -0.3 is 4.98 Å². The van der Waals surface area contributed by atoms with Crippen LogP contribution in [-0.4, -0.2) is 4.98 Å². The van der Waals surface area contributed by atoms with Crippen LogP contribution in [0.4, 0.5) is 0 Å². The molecule has 1 aromatic rings. The summed E-state index contributed by atoms with van der Waals surface area (Å²) >= 11 is 0. The number of aryl methyl sites for hydroxylation is 2. The van der Waals surface area contributed by atoms with Crippen LogP contribution in [0.3, 0.4) is 0 Å². The van der Waals surface area contributed by atoms with E-state index in [1.807, 2.05) is 40.1 Å². The summed E-state index contributed by atoms with van der Waals surface area (Å²) in [5, 5.41) is 0. The monoisotopic (exact) mass is 155 g/mol. The first-order valence-electron chi connectivity index (χ1n) is 4.40. The molecule has 0 radical (unpaired) electrons. The Morgan fingerprint density at radius 3 is 1.18 bits per heavy atom. The van der Waals surface area contributed by atoms with E-state index >= 15 is 0 Å². The maximum absolute atomic E-state index is 3.00. The molecule has 1 rings (SSSR count). The third-order valence-electron chi connectivity index (χ3n) is 1.22. The topological polar surface area (TPSA) is 15.8 Å². The molecular formula is C10H21N. The lowest BCUT2D eigenvalue weighted by molar-refractivity contribution is 1.39. The van der Waals surface area contributed by atoms with E-state index in [0.717, 1.165) is 0 Å². The molecule has 0 saturated heterocycles. The first-order valence-corrected chi connectivity index (χ1v) is 4.40. The van der Waals surface area contributed by atoms with Gasteiger partial charge in [-0.25, -0.2) is 0 Å². The fourth-order valence-corrected chi connectivity index (χ4v) is 0.519. The highest BCUT2D eigenvalue weighted by atomic mass is 14.6. The van der Waals surface area contributed by atoms with Crippen LogP contribution >= 0.6 is 0 Å². The van der Waals surface area contributed by atoms with Gasteiger partial charge in [0.15, 0.2) is 0 Å². The third kappa shape index (κ3) is 5.71. The van der Waals surface area contributed by atoms with Gasteiger partial charge in [-0.05, 0) is 25.0 Å². The molecule has 66 valence electrons. The van der Waals surface area contributed by atoms with Crippen LogP contribution in [-0.2, 0) is 0 Å². The number of aromatic amines is 1. The molecule has 0 spiro atoms. The molecule has 0 amide bonds. The standard InChI is InChI=1S/C6H9N.2C2H6/c1-5-3-7-4-6(5)2;2*1-2/h3-4,7H,1-2H3;2*1-2H3. The zero-order chi connectivity index (χ0) is 9.28. The Hall–Kier alpha value is -0.720. The molecule has 0 unspecified atom stereocenters. The second-order valence-electron chi connectivity index (χ2n) is 1.82. The summed E-state index contributed by atoms with van der Waals surface area (Å²) in [6.45, 7) is 12.2. The van der Waals surface area contributed by atoms with Gasteiger partial charge >= 0.3 is 0 Å². The minimum atomic E-state index is 1.33. The highest BCUT2D eigenvalue weighted by molar-refractivity contribution is 5.18. The summed E-state index contributed by atoms with van der Waals surface area (Å²) in [6.07, 6.45) is 3.99. The van der Waals surface area contributed by atoms with Gasteiger partial charge in [0.05, 0.1) is 0 Å². The van der Waals surface area contributed by atoms with Crippen LogP contribution in [0.1, 0.15) is 38.8 Å². The molecule has 1 nitrogen and oxygen atoms in total. The quantitative estimate of drug-likeness (QED) is 0.588. The summed E-state index contributed by atoms with van der Waals surface area (Å²) in [7, 11) is 0. The van der Waals surface area contributed by atoms with E-state index in [1.165, 1.54) is 11.1 Å². The molecule has 0 saturated carbocycles. The smallest absolute Gasteiger partial charge is 0.00372 e. The summed E-state index contributed by atoms with van der Waals surface area (Å²) in [5.41, 5.74) is 2.67. The molecule has 0 aliphatic carbocycles. The van der Waals surface area contributed by atoms with Crippen molar-refractivity contribution >= 4 is 0 Å². The number of H-pyrrole nitrogens is 1. The van der Waals surface area contributed by atoms with Crippen LogP contribution in [0, 0.1) is 13.8 Å². The summed E-state index contributed by atoms with van der Waals surface area (Å²) in [5.74, 6) is 0. The molecule has 11 heavy (non-hydrogen) atoms. The lowest BCUT2D eigenvalue weighted by Crippen LogP contribution is -1.63. The van der Waals surface area contributed by atoms with Gasteiger partial charge in [0.25, 0.3) is 0 Å².